The van der Waals surface area contributed by atoms with E-state index in [1.54, 1.807) is 16.5 Å². The summed E-state index contributed by atoms with van der Waals surface area (Å²) in [5.41, 5.74) is 5.81. The Balaban J connectivity index is 2.10. The van der Waals surface area contributed by atoms with Crippen LogP contribution in [0, 0.1) is 11.8 Å². The molecular formula is C19H26N6O3S. The summed E-state index contributed by atoms with van der Waals surface area (Å²) in [6.07, 6.45) is 1.68. The molecule has 0 spiro atoms. The maximum atomic E-state index is 12.7. The quantitative estimate of drug-likeness (QED) is 0.600. The van der Waals surface area contributed by atoms with Crippen LogP contribution in [0.15, 0.2) is 32.0 Å². The minimum atomic E-state index is -0.540. The van der Waals surface area contributed by atoms with Crippen molar-refractivity contribution in [1.82, 2.24) is 18.9 Å². The number of nitrogens with two attached hydrogens (primary N) is 1. The number of H-pyrrole nitrogens is 1. The van der Waals surface area contributed by atoms with Crippen LogP contribution in [0.25, 0.3) is 4.96 Å². The van der Waals surface area contributed by atoms with Crippen molar-refractivity contribution in [1.29, 1.82) is 0 Å². The normalized spacial score (nSPS) is 11.7. The van der Waals surface area contributed by atoms with Gasteiger partial charge in [-0.1, -0.05) is 27.7 Å². The maximum Gasteiger partial charge on any atom is 0.330 e. The molecule has 0 bridgehead atoms. The summed E-state index contributed by atoms with van der Waals surface area (Å²) in [6.45, 7) is 9.11. The van der Waals surface area contributed by atoms with Crippen LogP contribution >= 0.6 is 11.3 Å². The smallest absolute Gasteiger partial charge is 0.330 e. The molecular weight excluding hydrogens is 392 g/mol. The molecule has 0 radical (unpaired) electrons. The Bertz CT molecular complexity index is 1190. The van der Waals surface area contributed by atoms with Crippen molar-refractivity contribution in [3.63, 3.8) is 0 Å². The molecule has 9 nitrogen and oxygen atoms in total. The van der Waals surface area contributed by atoms with E-state index in [0.29, 0.717) is 23.7 Å². The van der Waals surface area contributed by atoms with Gasteiger partial charge in [-0.2, -0.15) is 0 Å². The van der Waals surface area contributed by atoms with Gasteiger partial charge in [0.1, 0.15) is 11.5 Å². The number of anilines is 2. The highest BCUT2D eigenvalue weighted by Crippen LogP contribution is 2.21. The number of nitrogens with one attached hydrogen (secondary N) is 1. The Morgan fingerprint density at radius 2 is 1.93 bits per heavy atom. The van der Waals surface area contributed by atoms with Gasteiger partial charge < -0.3 is 10.6 Å². The van der Waals surface area contributed by atoms with E-state index in [1.165, 1.54) is 26.4 Å². The van der Waals surface area contributed by atoms with Crippen molar-refractivity contribution in [3.8, 4) is 0 Å². The Labute approximate surface area is 171 Å². The average Bonchev–Trinajstić information content (AvgIpc) is 3.06. The number of rotatable bonds is 7. The molecule has 10 heteroatoms. The number of hydrogen-bond acceptors (Lipinski definition) is 7. The molecule has 0 unspecified atom stereocenters. The molecule has 29 heavy (non-hydrogen) atoms. The van der Waals surface area contributed by atoms with Crippen LogP contribution in [0.1, 0.15) is 33.4 Å². The van der Waals surface area contributed by atoms with Crippen LogP contribution in [0.5, 0.6) is 0 Å². The van der Waals surface area contributed by atoms with E-state index >= 15 is 0 Å². The number of aromatic amines is 1. The lowest BCUT2D eigenvalue weighted by Crippen LogP contribution is -2.40. The average molecular weight is 419 g/mol. The summed E-state index contributed by atoms with van der Waals surface area (Å²) in [5, 5.41) is 1.80. The van der Waals surface area contributed by atoms with E-state index in [4.69, 9.17) is 5.73 Å². The summed E-state index contributed by atoms with van der Waals surface area (Å²) < 4.78 is 2.87. The van der Waals surface area contributed by atoms with Crippen molar-refractivity contribution < 1.29 is 0 Å². The molecule has 0 aromatic carbocycles. The number of nitrogen functional groups attached to an aromatic ring is 1. The van der Waals surface area contributed by atoms with E-state index in [-0.39, 0.29) is 35.4 Å². The Morgan fingerprint density at radius 1 is 1.21 bits per heavy atom. The van der Waals surface area contributed by atoms with E-state index in [0.717, 1.165) is 0 Å². The first-order chi connectivity index (χ1) is 13.7. The predicted octanol–water partition coefficient (Wildman–Crippen LogP) is 1.51. The van der Waals surface area contributed by atoms with Gasteiger partial charge in [0, 0.05) is 30.7 Å². The highest BCUT2D eigenvalue weighted by Gasteiger charge is 2.21. The number of hydrogen-bond donors (Lipinski definition) is 2. The van der Waals surface area contributed by atoms with Gasteiger partial charge in [-0.15, -0.1) is 11.3 Å². The third-order valence-electron chi connectivity index (χ3n) is 4.37. The standard InChI is InChI=1S/C19H26N6O3S/c1-11(2)8-23(10-13-7-14(26)24-5-6-29-19(24)21-13)15-16(20)25(9-12(3)4)18(28)22-17(15)27/h5-7,11-12H,8-10,20H2,1-4H3,(H,22,27,28). The molecule has 3 heterocycles. The predicted molar refractivity (Wildman–Crippen MR) is 116 cm³/mol. The first kappa shape index (κ1) is 20.8. The van der Waals surface area contributed by atoms with E-state index < -0.39 is 11.2 Å². The minimum Gasteiger partial charge on any atom is -0.383 e. The number of nitrogens with zero attached hydrogens (tertiary/aromatic N) is 4. The van der Waals surface area contributed by atoms with Crippen LogP contribution in [0.4, 0.5) is 11.5 Å². The van der Waals surface area contributed by atoms with Crippen LogP contribution in [-0.4, -0.2) is 25.5 Å². The highest BCUT2D eigenvalue weighted by molar-refractivity contribution is 7.15. The highest BCUT2D eigenvalue weighted by atomic mass is 32.1. The molecule has 3 rings (SSSR count). The summed E-state index contributed by atoms with van der Waals surface area (Å²) in [4.78, 5) is 46.6. The van der Waals surface area contributed by atoms with Gasteiger partial charge in [-0.05, 0) is 11.8 Å². The molecule has 0 aliphatic rings. The fraction of sp³-hybridized carbons (Fsp3) is 0.474. The summed E-state index contributed by atoms with van der Waals surface area (Å²) in [7, 11) is 0. The second kappa shape index (κ2) is 8.24. The fourth-order valence-electron chi connectivity index (χ4n) is 3.27. The van der Waals surface area contributed by atoms with Gasteiger partial charge in [-0.25, -0.2) is 9.78 Å². The lowest BCUT2D eigenvalue weighted by molar-refractivity contribution is 0.505. The van der Waals surface area contributed by atoms with Crippen LogP contribution in [0.2, 0.25) is 0 Å². The summed E-state index contributed by atoms with van der Waals surface area (Å²) in [6, 6.07) is 1.46. The Morgan fingerprint density at radius 3 is 2.59 bits per heavy atom. The number of fused-ring (bicyclic) bond motifs is 1. The zero-order chi connectivity index (χ0) is 21.3. The fourth-order valence-corrected chi connectivity index (χ4v) is 4.01. The number of aromatic nitrogens is 4. The molecule has 3 N–H and O–H groups in total. The molecule has 0 amide bonds. The monoisotopic (exact) mass is 418 g/mol. The molecule has 0 fully saturated rings. The molecule has 0 aliphatic carbocycles. The van der Waals surface area contributed by atoms with E-state index in [9.17, 15) is 14.4 Å². The van der Waals surface area contributed by atoms with Crippen LogP contribution in [0.3, 0.4) is 0 Å². The van der Waals surface area contributed by atoms with Crippen molar-refractivity contribution in [3.05, 3.63) is 54.5 Å². The summed E-state index contributed by atoms with van der Waals surface area (Å²) in [5.74, 6) is 0.517. The molecule has 0 saturated carbocycles. The summed E-state index contributed by atoms with van der Waals surface area (Å²) >= 11 is 1.37. The lowest BCUT2D eigenvalue weighted by atomic mass is 10.2. The molecule has 0 atom stereocenters. The zero-order valence-corrected chi connectivity index (χ0v) is 17.8. The largest absolute Gasteiger partial charge is 0.383 e. The molecule has 156 valence electrons. The SMILES string of the molecule is CC(C)CN(Cc1cc(=O)n2ccsc2n1)c1c(N)n(CC(C)C)c(=O)[nH]c1=O. The first-order valence-corrected chi connectivity index (χ1v) is 10.4. The van der Waals surface area contributed by atoms with Crippen LogP contribution in [-0.2, 0) is 13.1 Å². The lowest BCUT2D eigenvalue weighted by Gasteiger charge is -2.27. The van der Waals surface area contributed by atoms with Crippen molar-refractivity contribution in [2.75, 3.05) is 17.2 Å². The third-order valence-corrected chi connectivity index (χ3v) is 5.13. The van der Waals surface area contributed by atoms with Gasteiger partial charge in [0.15, 0.2) is 4.96 Å². The van der Waals surface area contributed by atoms with Gasteiger partial charge in [0.2, 0.25) is 0 Å². The second-order valence-corrected chi connectivity index (χ2v) is 8.79. The van der Waals surface area contributed by atoms with Crippen molar-refractivity contribution >= 4 is 27.8 Å². The van der Waals surface area contributed by atoms with Crippen molar-refractivity contribution in [2.24, 2.45) is 11.8 Å². The van der Waals surface area contributed by atoms with E-state index in [1.807, 2.05) is 27.7 Å². The topological polar surface area (TPSA) is 118 Å². The van der Waals surface area contributed by atoms with Gasteiger partial charge in [-0.3, -0.25) is 23.5 Å². The van der Waals surface area contributed by atoms with E-state index in [2.05, 4.69) is 9.97 Å². The second-order valence-electron chi connectivity index (χ2n) is 7.91. The first-order valence-electron chi connectivity index (χ1n) is 9.50. The van der Waals surface area contributed by atoms with Crippen LogP contribution < -0.4 is 27.4 Å². The van der Waals surface area contributed by atoms with Gasteiger partial charge in [0.05, 0.1) is 12.2 Å². The Hall–Kier alpha value is -2.88. The zero-order valence-electron chi connectivity index (χ0n) is 17.0. The molecule has 0 saturated heterocycles. The maximum absolute atomic E-state index is 12.7. The molecule has 0 aliphatic heterocycles. The third kappa shape index (κ3) is 4.42. The number of thiazole rings is 1. The van der Waals surface area contributed by atoms with Gasteiger partial charge in [0.25, 0.3) is 11.1 Å². The van der Waals surface area contributed by atoms with Gasteiger partial charge >= 0.3 is 5.69 Å². The minimum absolute atomic E-state index is 0.127. The van der Waals surface area contributed by atoms with Crippen molar-refractivity contribution in [2.45, 2.75) is 40.8 Å². The Kier molecular flexibility index (Phi) is 5.92. The molecule has 3 aromatic heterocycles. The molecule has 3 aromatic rings.